The number of hydrogen-bond donors (Lipinski definition) is 2. The number of benzene rings is 1. The SMILES string of the molecule is N[C@@H]1CCC[C@H]1CC(=O)NCCOc1ccc(F)cc1. The second-order valence-electron chi connectivity index (χ2n) is 5.21. The minimum atomic E-state index is -0.293. The lowest BCUT2D eigenvalue weighted by Gasteiger charge is -2.14. The Bertz CT molecular complexity index is 436. The van der Waals surface area contributed by atoms with E-state index in [9.17, 15) is 9.18 Å². The number of hydrogen-bond acceptors (Lipinski definition) is 3. The molecule has 0 heterocycles. The van der Waals surface area contributed by atoms with E-state index in [4.69, 9.17) is 10.5 Å². The molecule has 20 heavy (non-hydrogen) atoms. The van der Waals surface area contributed by atoms with E-state index in [0.29, 0.717) is 31.2 Å². The highest BCUT2D eigenvalue weighted by atomic mass is 19.1. The monoisotopic (exact) mass is 280 g/mol. The lowest BCUT2D eigenvalue weighted by molar-refractivity contribution is -0.122. The number of rotatable bonds is 6. The molecule has 5 heteroatoms. The molecule has 1 fully saturated rings. The summed E-state index contributed by atoms with van der Waals surface area (Å²) in [4.78, 5) is 11.7. The van der Waals surface area contributed by atoms with Gasteiger partial charge in [-0.05, 0) is 43.0 Å². The van der Waals surface area contributed by atoms with Gasteiger partial charge >= 0.3 is 0 Å². The molecule has 1 aromatic carbocycles. The van der Waals surface area contributed by atoms with E-state index in [0.717, 1.165) is 19.3 Å². The number of ether oxygens (including phenoxy) is 1. The third kappa shape index (κ3) is 4.49. The summed E-state index contributed by atoms with van der Waals surface area (Å²) < 4.78 is 18.1. The summed E-state index contributed by atoms with van der Waals surface area (Å²) in [5.41, 5.74) is 5.93. The molecule has 0 aromatic heterocycles. The number of halogens is 1. The Kier molecular flexibility index (Phi) is 5.35. The van der Waals surface area contributed by atoms with Gasteiger partial charge in [-0.2, -0.15) is 0 Å². The predicted molar refractivity (Wildman–Crippen MR) is 74.8 cm³/mol. The lowest BCUT2D eigenvalue weighted by Crippen LogP contribution is -2.33. The van der Waals surface area contributed by atoms with Crippen LogP contribution in [-0.4, -0.2) is 25.1 Å². The average Bonchev–Trinajstić information content (AvgIpc) is 2.82. The third-order valence-corrected chi connectivity index (χ3v) is 3.67. The molecule has 0 bridgehead atoms. The van der Waals surface area contributed by atoms with Crippen LogP contribution in [0.15, 0.2) is 24.3 Å². The molecule has 1 aliphatic carbocycles. The van der Waals surface area contributed by atoms with Crippen molar-refractivity contribution in [2.45, 2.75) is 31.7 Å². The first-order valence-electron chi connectivity index (χ1n) is 7.06. The fourth-order valence-corrected chi connectivity index (χ4v) is 2.52. The predicted octanol–water partition coefficient (Wildman–Crippen LogP) is 1.84. The van der Waals surface area contributed by atoms with Gasteiger partial charge in [0.25, 0.3) is 0 Å². The summed E-state index contributed by atoms with van der Waals surface area (Å²) in [6.45, 7) is 0.812. The molecule has 0 saturated heterocycles. The van der Waals surface area contributed by atoms with Gasteiger partial charge in [0.15, 0.2) is 0 Å². The second-order valence-corrected chi connectivity index (χ2v) is 5.21. The number of carbonyl (C=O) groups excluding carboxylic acids is 1. The summed E-state index contributed by atoms with van der Waals surface area (Å²) in [6, 6.07) is 5.98. The Morgan fingerprint density at radius 2 is 2.10 bits per heavy atom. The van der Waals surface area contributed by atoms with E-state index in [1.807, 2.05) is 0 Å². The van der Waals surface area contributed by atoms with E-state index in [2.05, 4.69) is 5.32 Å². The number of nitrogens with one attached hydrogen (secondary N) is 1. The Hall–Kier alpha value is -1.62. The van der Waals surface area contributed by atoms with Gasteiger partial charge in [-0.3, -0.25) is 4.79 Å². The third-order valence-electron chi connectivity index (χ3n) is 3.67. The van der Waals surface area contributed by atoms with Crippen molar-refractivity contribution in [1.82, 2.24) is 5.32 Å². The normalized spacial score (nSPS) is 21.7. The van der Waals surface area contributed by atoms with Crippen molar-refractivity contribution in [2.75, 3.05) is 13.2 Å². The average molecular weight is 280 g/mol. The van der Waals surface area contributed by atoms with Crippen LogP contribution in [0.3, 0.4) is 0 Å². The van der Waals surface area contributed by atoms with Crippen LogP contribution < -0.4 is 15.8 Å². The summed E-state index contributed by atoms with van der Waals surface area (Å²) in [6.07, 6.45) is 3.68. The molecule has 2 atom stereocenters. The Balaban J connectivity index is 1.60. The summed E-state index contributed by atoms with van der Waals surface area (Å²) in [7, 11) is 0. The Labute approximate surface area is 118 Å². The molecule has 1 saturated carbocycles. The maximum absolute atomic E-state index is 12.7. The molecule has 4 nitrogen and oxygen atoms in total. The van der Waals surface area contributed by atoms with Gasteiger partial charge in [0.05, 0.1) is 6.54 Å². The fourth-order valence-electron chi connectivity index (χ4n) is 2.52. The van der Waals surface area contributed by atoms with Crippen molar-refractivity contribution in [3.63, 3.8) is 0 Å². The molecule has 1 amide bonds. The zero-order valence-corrected chi connectivity index (χ0v) is 11.5. The number of amides is 1. The Morgan fingerprint density at radius 3 is 2.75 bits per heavy atom. The molecule has 0 unspecified atom stereocenters. The molecule has 3 N–H and O–H groups in total. The van der Waals surface area contributed by atoms with Crippen LogP contribution in [0, 0.1) is 11.7 Å². The topological polar surface area (TPSA) is 64.4 Å². The zero-order valence-electron chi connectivity index (χ0n) is 11.5. The summed E-state index contributed by atoms with van der Waals surface area (Å²) in [5.74, 6) is 0.639. The maximum atomic E-state index is 12.7. The molecule has 2 rings (SSSR count). The summed E-state index contributed by atoms with van der Waals surface area (Å²) in [5, 5.41) is 2.82. The first-order chi connectivity index (χ1) is 9.65. The zero-order chi connectivity index (χ0) is 14.4. The van der Waals surface area contributed by atoms with Gasteiger partial charge in [-0.25, -0.2) is 4.39 Å². The van der Waals surface area contributed by atoms with Crippen molar-refractivity contribution < 1.29 is 13.9 Å². The smallest absolute Gasteiger partial charge is 0.220 e. The molecular weight excluding hydrogens is 259 g/mol. The van der Waals surface area contributed by atoms with Crippen molar-refractivity contribution in [1.29, 1.82) is 0 Å². The van der Waals surface area contributed by atoms with E-state index in [1.165, 1.54) is 12.1 Å². The van der Waals surface area contributed by atoms with Crippen LogP contribution in [0.25, 0.3) is 0 Å². The molecule has 0 spiro atoms. The van der Waals surface area contributed by atoms with Crippen LogP contribution in [0.5, 0.6) is 5.75 Å². The van der Waals surface area contributed by atoms with Gasteiger partial charge in [0.1, 0.15) is 18.2 Å². The molecule has 1 aliphatic rings. The largest absolute Gasteiger partial charge is 0.492 e. The van der Waals surface area contributed by atoms with Crippen LogP contribution >= 0.6 is 0 Å². The molecule has 0 aliphatic heterocycles. The van der Waals surface area contributed by atoms with Crippen LogP contribution in [-0.2, 0) is 4.79 Å². The van der Waals surface area contributed by atoms with Gasteiger partial charge in [0, 0.05) is 12.5 Å². The molecular formula is C15H21FN2O2. The van der Waals surface area contributed by atoms with Crippen LogP contribution in [0.4, 0.5) is 4.39 Å². The van der Waals surface area contributed by atoms with E-state index in [-0.39, 0.29) is 17.8 Å². The first-order valence-corrected chi connectivity index (χ1v) is 7.06. The highest BCUT2D eigenvalue weighted by molar-refractivity contribution is 5.76. The maximum Gasteiger partial charge on any atom is 0.220 e. The quantitative estimate of drug-likeness (QED) is 0.781. The minimum Gasteiger partial charge on any atom is -0.492 e. The van der Waals surface area contributed by atoms with Gasteiger partial charge in [-0.15, -0.1) is 0 Å². The molecule has 0 radical (unpaired) electrons. The highest BCUT2D eigenvalue weighted by Gasteiger charge is 2.25. The van der Waals surface area contributed by atoms with Crippen molar-refractivity contribution in [3.05, 3.63) is 30.1 Å². The van der Waals surface area contributed by atoms with E-state index in [1.54, 1.807) is 12.1 Å². The van der Waals surface area contributed by atoms with Gasteiger partial charge < -0.3 is 15.8 Å². The van der Waals surface area contributed by atoms with Gasteiger partial charge in [-0.1, -0.05) is 6.42 Å². The fraction of sp³-hybridized carbons (Fsp3) is 0.533. The van der Waals surface area contributed by atoms with Gasteiger partial charge in [0.2, 0.25) is 5.91 Å². The lowest BCUT2D eigenvalue weighted by atomic mass is 10.00. The Morgan fingerprint density at radius 1 is 1.35 bits per heavy atom. The second kappa shape index (κ2) is 7.24. The summed E-state index contributed by atoms with van der Waals surface area (Å²) >= 11 is 0. The molecule has 1 aromatic rings. The van der Waals surface area contributed by atoms with Crippen LogP contribution in [0.2, 0.25) is 0 Å². The van der Waals surface area contributed by atoms with Crippen LogP contribution in [0.1, 0.15) is 25.7 Å². The standard InChI is InChI=1S/C15H21FN2O2/c16-12-4-6-13(7-5-12)20-9-8-18-15(19)10-11-2-1-3-14(11)17/h4-7,11,14H,1-3,8-10,17H2,(H,18,19)/t11-,14+/m0/s1. The number of nitrogens with two attached hydrogens (primary N) is 1. The number of carbonyl (C=O) groups is 1. The highest BCUT2D eigenvalue weighted by Crippen LogP contribution is 2.26. The molecule has 110 valence electrons. The minimum absolute atomic E-state index is 0.0232. The van der Waals surface area contributed by atoms with E-state index >= 15 is 0 Å². The van der Waals surface area contributed by atoms with Crippen molar-refractivity contribution in [2.24, 2.45) is 11.7 Å². The van der Waals surface area contributed by atoms with E-state index < -0.39 is 0 Å². The van der Waals surface area contributed by atoms with Crippen molar-refractivity contribution >= 4 is 5.91 Å². The first kappa shape index (κ1) is 14.8. The van der Waals surface area contributed by atoms with Crippen molar-refractivity contribution in [3.8, 4) is 5.75 Å².